The number of thiazole rings is 1. The summed E-state index contributed by atoms with van der Waals surface area (Å²) in [6.45, 7) is 7.14. The predicted molar refractivity (Wildman–Crippen MR) is 65.0 cm³/mol. The van der Waals surface area contributed by atoms with Crippen LogP contribution in [0.3, 0.4) is 0 Å². The van der Waals surface area contributed by atoms with Crippen molar-refractivity contribution in [1.82, 2.24) is 10.3 Å². The zero-order chi connectivity index (χ0) is 11.2. The lowest BCUT2D eigenvalue weighted by molar-refractivity contribution is 0.0767. The average Bonchev–Trinajstić information content (AvgIpc) is 2.82. The van der Waals surface area contributed by atoms with Gasteiger partial charge in [-0.05, 0) is 12.8 Å². The first-order valence-corrected chi connectivity index (χ1v) is 6.80. The van der Waals surface area contributed by atoms with Gasteiger partial charge in [0.05, 0.1) is 24.9 Å². The first kappa shape index (κ1) is 10.7. The predicted octanol–water partition coefficient (Wildman–Crippen LogP) is 2.03. The first-order chi connectivity index (χ1) is 7.67. The van der Waals surface area contributed by atoms with Crippen LogP contribution in [-0.4, -0.2) is 24.7 Å². The number of nitrogens with one attached hydrogen (secondary N) is 1. The smallest absolute Gasteiger partial charge is 0.112 e. The van der Waals surface area contributed by atoms with Gasteiger partial charge in [0.25, 0.3) is 0 Å². The van der Waals surface area contributed by atoms with Crippen LogP contribution in [0.2, 0.25) is 0 Å². The fraction of sp³-hybridized carbons (Fsp3) is 0.750. The summed E-state index contributed by atoms with van der Waals surface area (Å²) >= 11 is 1.88. The zero-order valence-electron chi connectivity index (χ0n) is 9.88. The zero-order valence-corrected chi connectivity index (χ0v) is 10.7. The molecule has 1 aromatic heterocycles. The molecule has 0 spiro atoms. The molecule has 1 atom stereocenters. The van der Waals surface area contributed by atoms with Gasteiger partial charge in [0.15, 0.2) is 0 Å². The molecule has 3 nitrogen and oxygen atoms in total. The number of fused-ring (bicyclic) bond motifs is 1. The van der Waals surface area contributed by atoms with E-state index in [9.17, 15) is 0 Å². The SMILES string of the molecule is CC1(C)CCc2sc(C3COCCN3)nc21. The second-order valence-electron chi connectivity index (χ2n) is 5.29. The summed E-state index contributed by atoms with van der Waals surface area (Å²) in [6.07, 6.45) is 2.45. The third-order valence-electron chi connectivity index (χ3n) is 3.55. The van der Waals surface area contributed by atoms with Crippen LogP contribution in [0.4, 0.5) is 0 Å². The highest BCUT2D eigenvalue weighted by Crippen LogP contribution is 2.41. The van der Waals surface area contributed by atoms with Crippen LogP contribution in [-0.2, 0) is 16.6 Å². The normalized spacial score (nSPS) is 28.0. The fourth-order valence-corrected chi connectivity index (χ4v) is 3.79. The maximum Gasteiger partial charge on any atom is 0.112 e. The molecule has 1 N–H and O–H groups in total. The van der Waals surface area contributed by atoms with Crippen molar-refractivity contribution in [1.29, 1.82) is 0 Å². The lowest BCUT2D eigenvalue weighted by atomic mass is 9.91. The van der Waals surface area contributed by atoms with Gasteiger partial charge in [0, 0.05) is 16.8 Å². The molecule has 2 heterocycles. The van der Waals surface area contributed by atoms with Gasteiger partial charge in [-0.25, -0.2) is 4.98 Å². The molecule has 1 aliphatic heterocycles. The highest BCUT2D eigenvalue weighted by atomic mass is 32.1. The second-order valence-corrected chi connectivity index (χ2v) is 6.40. The molecule has 1 aliphatic carbocycles. The largest absolute Gasteiger partial charge is 0.378 e. The molecule has 0 aromatic carbocycles. The van der Waals surface area contributed by atoms with E-state index < -0.39 is 0 Å². The fourth-order valence-electron chi connectivity index (χ4n) is 2.49. The topological polar surface area (TPSA) is 34.1 Å². The molecular formula is C12H18N2OS. The first-order valence-electron chi connectivity index (χ1n) is 5.98. The Morgan fingerprint density at radius 3 is 3.06 bits per heavy atom. The molecule has 16 heavy (non-hydrogen) atoms. The van der Waals surface area contributed by atoms with Crippen molar-refractivity contribution >= 4 is 11.3 Å². The highest BCUT2D eigenvalue weighted by Gasteiger charge is 2.35. The Morgan fingerprint density at radius 1 is 1.50 bits per heavy atom. The lowest BCUT2D eigenvalue weighted by Crippen LogP contribution is -2.34. The number of morpholine rings is 1. The number of hydrogen-bond acceptors (Lipinski definition) is 4. The van der Waals surface area contributed by atoms with Gasteiger partial charge in [-0.3, -0.25) is 0 Å². The van der Waals surface area contributed by atoms with E-state index in [4.69, 9.17) is 9.72 Å². The van der Waals surface area contributed by atoms with Crippen LogP contribution in [0.5, 0.6) is 0 Å². The molecule has 1 saturated heterocycles. The van der Waals surface area contributed by atoms with E-state index in [2.05, 4.69) is 19.2 Å². The second kappa shape index (κ2) is 3.79. The number of nitrogens with zero attached hydrogens (tertiary/aromatic N) is 1. The third-order valence-corrected chi connectivity index (χ3v) is 4.78. The van der Waals surface area contributed by atoms with E-state index in [1.807, 2.05) is 11.3 Å². The Kier molecular flexibility index (Phi) is 2.53. The number of rotatable bonds is 1. The van der Waals surface area contributed by atoms with E-state index in [0.717, 1.165) is 19.8 Å². The Bertz CT molecular complexity index is 394. The Balaban J connectivity index is 1.88. The highest BCUT2D eigenvalue weighted by molar-refractivity contribution is 7.11. The summed E-state index contributed by atoms with van der Waals surface area (Å²) in [4.78, 5) is 6.34. The van der Waals surface area contributed by atoms with Crippen molar-refractivity contribution < 1.29 is 4.74 Å². The van der Waals surface area contributed by atoms with Gasteiger partial charge in [-0.2, -0.15) is 0 Å². The minimum atomic E-state index is 0.277. The van der Waals surface area contributed by atoms with E-state index in [0.29, 0.717) is 6.04 Å². The van der Waals surface area contributed by atoms with Crippen LogP contribution in [0, 0.1) is 0 Å². The lowest BCUT2D eigenvalue weighted by Gasteiger charge is -2.22. The molecule has 4 heteroatoms. The summed E-state index contributed by atoms with van der Waals surface area (Å²) in [5.41, 5.74) is 1.61. The van der Waals surface area contributed by atoms with Gasteiger partial charge >= 0.3 is 0 Å². The molecule has 3 rings (SSSR count). The summed E-state index contributed by atoms with van der Waals surface area (Å²) < 4.78 is 5.49. The van der Waals surface area contributed by atoms with Gasteiger partial charge in [-0.15, -0.1) is 11.3 Å². The molecule has 88 valence electrons. The summed E-state index contributed by atoms with van der Waals surface area (Å²) in [5, 5.41) is 4.69. The van der Waals surface area contributed by atoms with E-state index >= 15 is 0 Å². The quantitative estimate of drug-likeness (QED) is 0.813. The van der Waals surface area contributed by atoms with Gasteiger partial charge < -0.3 is 10.1 Å². The maximum atomic E-state index is 5.49. The third kappa shape index (κ3) is 1.69. The van der Waals surface area contributed by atoms with Crippen molar-refractivity contribution in [2.45, 2.75) is 38.1 Å². The van der Waals surface area contributed by atoms with Crippen LogP contribution in [0.25, 0.3) is 0 Å². The number of aromatic nitrogens is 1. The molecule has 1 unspecified atom stereocenters. The van der Waals surface area contributed by atoms with Crippen molar-refractivity contribution in [3.63, 3.8) is 0 Å². The van der Waals surface area contributed by atoms with Crippen LogP contribution >= 0.6 is 11.3 Å². The number of hydrogen-bond donors (Lipinski definition) is 1. The van der Waals surface area contributed by atoms with Crippen molar-refractivity contribution in [3.8, 4) is 0 Å². The number of ether oxygens (including phenoxy) is 1. The molecule has 1 fully saturated rings. The van der Waals surface area contributed by atoms with Crippen LogP contribution < -0.4 is 5.32 Å². The van der Waals surface area contributed by atoms with Crippen LogP contribution in [0.1, 0.15) is 41.9 Å². The molecule has 2 aliphatic rings. The molecule has 0 bridgehead atoms. The summed E-state index contributed by atoms with van der Waals surface area (Å²) in [7, 11) is 0. The molecule has 1 aromatic rings. The Hall–Kier alpha value is -0.450. The minimum absolute atomic E-state index is 0.277. The van der Waals surface area contributed by atoms with Crippen molar-refractivity contribution in [2.24, 2.45) is 0 Å². The summed E-state index contributed by atoms with van der Waals surface area (Å²) in [5.74, 6) is 0. The molecule has 0 amide bonds. The minimum Gasteiger partial charge on any atom is -0.378 e. The average molecular weight is 238 g/mol. The van der Waals surface area contributed by atoms with Crippen molar-refractivity contribution in [2.75, 3.05) is 19.8 Å². The Labute approximate surface area is 100 Å². The monoisotopic (exact) mass is 238 g/mol. The standard InChI is InChI=1S/C12H18N2OS/c1-12(2)4-3-9-10(12)14-11(16-9)8-7-15-6-5-13-8/h8,13H,3-7H2,1-2H3. The van der Waals surface area contributed by atoms with Crippen LogP contribution in [0.15, 0.2) is 0 Å². The summed E-state index contributed by atoms with van der Waals surface area (Å²) in [6, 6.07) is 0.320. The van der Waals surface area contributed by atoms with E-state index in [1.54, 1.807) is 0 Å². The van der Waals surface area contributed by atoms with Gasteiger partial charge in [-0.1, -0.05) is 13.8 Å². The van der Waals surface area contributed by atoms with E-state index in [-0.39, 0.29) is 5.41 Å². The Morgan fingerprint density at radius 2 is 2.38 bits per heavy atom. The van der Waals surface area contributed by atoms with Gasteiger partial charge in [0.2, 0.25) is 0 Å². The van der Waals surface area contributed by atoms with Gasteiger partial charge in [0.1, 0.15) is 5.01 Å². The number of aryl methyl sites for hydroxylation is 1. The molecule has 0 saturated carbocycles. The molecular weight excluding hydrogens is 220 g/mol. The van der Waals surface area contributed by atoms with Crippen molar-refractivity contribution in [3.05, 3.63) is 15.6 Å². The maximum absolute atomic E-state index is 5.49. The van der Waals surface area contributed by atoms with E-state index in [1.165, 1.54) is 28.4 Å². The molecule has 0 radical (unpaired) electrons.